The Morgan fingerprint density at radius 1 is 1.12 bits per heavy atom. The van der Waals surface area contributed by atoms with Gasteiger partial charge < -0.3 is 9.47 Å². The van der Waals surface area contributed by atoms with E-state index in [-0.39, 0.29) is 18.5 Å². The summed E-state index contributed by atoms with van der Waals surface area (Å²) in [4.78, 5) is 34.7. The van der Waals surface area contributed by atoms with Gasteiger partial charge in [0.2, 0.25) is 0 Å². The molecule has 0 aromatic rings. The second-order valence-corrected chi connectivity index (χ2v) is 4.15. The lowest BCUT2D eigenvalue weighted by atomic mass is 9.86. The van der Waals surface area contributed by atoms with Gasteiger partial charge in [-0.1, -0.05) is 15.9 Å². The maximum atomic E-state index is 11.9. The first-order chi connectivity index (χ1) is 7.92. The first kappa shape index (κ1) is 16.1. The van der Waals surface area contributed by atoms with Gasteiger partial charge in [0.1, 0.15) is 11.8 Å². The third kappa shape index (κ3) is 4.46. The number of hydrogen-bond donors (Lipinski definition) is 0. The number of carbonyl (C=O) groups excluding carboxylic acids is 3. The van der Waals surface area contributed by atoms with Crippen molar-refractivity contribution in [3.63, 3.8) is 0 Å². The highest BCUT2D eigenvalue weighted by Gasteiger charge is 2.42. The van der Waals surface area contributed by atoms with Crippen LogP contribution in [0.1, 0.15) is 27.2 Å². The van der Waals surface area contributed by atoms with Crippen LogP contribution < -0.4 is 0 Å². The number of hydrogen-bond acceptors (Lipinski definition) is 5. The van der Waals surface area contributed by atoms with Crippen molar-refractivity contribution in [3.05, 3.63) is 0 Å². The Balaban J connectivity index is 4.68. The molecule has 0 radical (unpaired) electrons. The lowest BCUT2D eigenvalue weighted by molar-refractivity contribution is -0.158. The number of ketones is 1. The van der Waals surface area contributed by atoms with Crippen LogP contribution >= 0.6 is 15.9 Å². The molecule has 0 rings (SSSR count). The van der Waals surface area contributed by atoms with Crippen LogP contribution in [0.15, 0.2) is 0 Å². The number of esters is 2. The van der Waals surface area contributed by atoms with Crippen LogP contribution in [-0.2, 0) is 23.9 Å². The van der Waals surface area contributed by atoms with E-state index < -0.39 is 29.6 Å². The second-order valence-electron chi connectivity index (χ2n) is 3.59. The molecule has 0 saturated heterocycles. The number of Topliss-reactive ketones (excluding diaryl/α,β-unsaturated/α-hetero) is 1. The zero-order valence-electron chi connectivity index (χ0n) is 10.2. The van der Waals surface area contributed by atoms with E-state index in [2.05, 4.69) is 20.7 Å². The summed E-state index contributed by atoms with van der Waals surface area (Å²) in [5.41, 5.74) is -1.34. The van der Waals surface area contributed by atoms with E-state index in [0.717, 1.165) is 0 Å². The van der Waals surface area contributed by atoms with E-state index >= 15 is 0 Å². The van der Waals surface area contributed by atoms with E-state index in [1.165, 1.54) is 6.92 Å². The van der Waals surface area contributed by atoms with Crippen LogP contribution in [0, 0.1) is 5.41 Å². The predicted octanol–water partition coefficient (Wildman–Crippen LogP) is 1.47. The van der Waals surface area contributed by atoms with Crippen molar-refractivity contribution in [2.24, 2.45) is 5.41 Å². The van der Waals surface area contributed by atoms with Crippen molar-refractivity contribution in [3.8, 4) is 0 Å². The summed E-state index contributed by atoms with van der Waals surface area (Å²) >= 11 is 3.10. The lowest BCUT2D eigenvalue weighted by Gasteiger charge is -2.22. The zero-order chi connectivity index (χ0) is 13.5. The molecule has 98 valence electrons. The highest BCUT2D eigenvalue weighted by atomic mass is 79.9. The average molecular weight is 309 g/mol. The SMILES string of the molecule is CCOC(=O)CC(=O)C(C)(CBr)C(=O)OCC. The molecule has 0 saturated carbocycles. The molecular formula is C11H17BrO5. The molecule has 6 heteroatoms. The van der Waals surface area contributed by atoms with Gasteiger partial charge in [-0.15, -0.1) is 0 Å². The van der Waals surface area contributed by atoms with Crippen molar-refractivity contribution >= 4 is 33.7 Å². The van der Waals surface area contributed by atoms with Gasteiger partial charge in [-0.2, -0.15) is 0 Å². The number of halogens is 1. The maximum absolute atomic E-state index is 11.9. The Hall–Kier alpha value is -0.910. The Morgan fingerprint density at radius 2 is 1.65 bits per heavy atom. The molecule has 0 amide bonds. The summed E-state index contributed by atoms with van der Waals surface area (Å²) in [6.07, 6.45) is -0.422. The van der Waals surface area contributed by atoms with Gasteiger partial charge in [-0.3, -0.25) is 14.4 Å². The minimum Gasteiger partial charge on any atom is -0.466 e. The van der Waals surface area contributed by atoms with Gasteiger partial charge in [0.15, 0.2) is 5.78 Å². The van der Waals surface area contributed by atoms with E-state index in [0.29, 0.717) is 0 Å². The van der Waals surface area contributed by atoms with Crippen LogP contribution in [-0.4, -0.2) is 36.3 Å². The maximum Gasteiger partial charge on any atom is 0.320 e. The van der Waals surface area contributed by atoms with Gasteiger partial charge in [0.05, 0.1) is 13.2 Å². The molecule has 0 aromatic heterocycles. The van der Waals surface area contributed by atoms with Gasteiger partial charge >= 0.3 is 11.9 Å². The van der Waals surface area contributed by atoms with Crippen LogP contribution in [0.2, 0.25) is 0 Å². The van der Waals surface area contributed by atoms with E-state index in [1.54, 1.807) is 13.8 Å². The Kier molecular flexibility index (Phi) is 7.03. The van der Waals surface area contributed by atoms with Gasteiger partial charge in [0, 0.05) is 5.33 Å². The first-order valence-electron chi connectivity index (χ1n) is 5.34. The fourth-order valence-electron chi connectivity index (χ4n) is 1.07. The fourth-order valence-corrected chi connectivity index (χ4v) is 1.61. The Morgan fingerprint density at radius 3 is 2.06 bits per heavy atom. The van der Waals surface area contributed by atoms with Crippen LogP contribution in [0.25, 0.3) is 0 Å². The van der Waals surface area contributed by atoms with E-state index in [4.69, 9.17) is 4.74 Å². The molecule has 5 nitrogen and oxygen atoms in total. The van der Waals surface area contributed by atoms with E-state index in [9.17, 15) is 14.4 Å². The monoisotopic (exact) mass is 308 g/mol. The largest absolute Gasteiger partial charge is 0.466 e. The molecule has 0 bridgehead atoms. The summed E-state index contributed by atoms with van der Waals surface area (Å²) < 4.78 is 9.48. The number of alkyl halides is 1. The van der Waals surface area contributed by atoms with Crippen molar-refractivity contribution in [2.75, 3.05) is 18.5 Å². The van der Waals surface area contributed by atoms with Crippen LogP contribution in [0.5, 0.6) is 0 Å². The molecule has 0 aromatic carbocycles. The molecule has 0 spiro atoms. The Labute approximate surface area is 109 Å². The van der Waals surface area contributed by atoms with Gasteiger partial charge in [-0.05, 0) is 20.8 Å². The standard InChI is InChI=1S/C11H17BrO5/c1-4-16-9(14)6-8(13)11(3,7-12)10(15)17-5-2/h4-7H2,1-3H3. The highest BCUT2D eigenvalue weighted by molar-refractivity contribution is 9.09. The highest BCUT2D eigenvalue weighted by Crippen LogP contribution is 2.24. The summed E-state index contributed by atoms with van der Waals surface area (Å²) in [6, 6.07) is 0. The van der Waals surface area contributed by atoms with Crippen LogP contribution in [0.3, 0.4) is 0 Å². The van der Waals surface area contributed by atoms with E-state index in [1.807, 2.05) is 0 Å². The third-order valence-corrected chi connectivity index (χ3v) is 3.34. The molecule has 1 unspecified atom stereocenters. The predicted molar refractivity (Wildman–Crippen MR) is 64.8 cm³/mol. The van der Waals surface area contributed by atoms with Crippen LogP contribution in [0.4, 0.5) is 0 Å². The third-order valence-electron chi connectivity index (χ3n) is 2.22. The summed E-state index contributed by atoms with van der Waals surface area (Å²) in [5, 5.41) is 0.108. The normalized spacial score (nSPS) is 13.6. The second kappa shape index (κ2) is 7.42. The smallest absolute Gasteiger partial charge is 0.320 e. The molecule has 17 heavy (non-hydrogen) atoms. The van der Waals surface area contributed by atoms with Crippen molar-refractivity contribution in [1.29, 1.82) is 0 Å². The fraction of sp³-hybridized carbons (Fsp3) is 0.727. The topological polar surface area (TPSA) is 69.7 Å². The summed E-state index contributed by atoms with van der Waals surface area (Å²) in [6.45, 7) is 5.14. The summed E-state index contributed by atoms with van der Waals surface area (Å²) in [5.74, 6) is -1.77. The average Bonchev–Trinajstić information content (AvgIpc) is 2.28. The van der Waals surface area contributed by atoms with Crippen molar-refractivity contribution in [2.45, 2.75) is 27.2 Å². The minimum atomic E-state index is -1.34. The quantitative estimate of drug-likeness (QED) is 0.405. The molecule has 0 N–H and O–H groups in total. The minimum absolute atomic E-state index is 0.108. The Bertz CT molecular complexity index is 302. The van der Waals surface area contributed by atoms with Gasteiger partial charge in [0.25, 0.3) is 0 Å². The van der Waals surface area contributed by atoms with Crippen molar-refractivity contribution < 1.29 is 23.9 Å². The molecule has 1 atom stereocenters. The van der Waals surface area contributed by atoms with Crippen molar-refractivity contribution in [1.82, 2.24) is 0 Å². The van der Waals surface area contributed by atoms with Gasteiger partial charge in [-0.25, -0.2) is 0 Å². The first-order valence-corrected chi connectivity index (χ1v) is 6.46. The summed E-state index contributed by atoms with van der Waals surface area (Å²) in [7, 11) is 0. The molecule has 0 fully saturated rings. The lowest BCUT2D eigenvalue weighted by Crippen LogP contribution is -2.40. The number of rotatable bonds is 7. The molecule has 0 aliphatic rings. The number of carbonyl (C=O) groups is 3. The molecular weight excluding hydrogens is 292 g/mol. The molecule has 0 aliphatic carbocycles. The molecule has 0 aliphatic heterocycles. The number of ether oxygens (including phenoxy) is 2. The zero-order valence-corrected chi connectivity index (χ0v) is 11.8. The molecule has 0 heterocycles.